The summed E-state index contributed by atoms with van der Waals surface area (Å²) in [6.45, 7) is 5.50. The third-order valence-electron chi connectivity index (χ3n) is 3.76. The van der Waals surface area contributed by atoms with Crippen molar-refractivity contribution in [3.05, 3.63) is 34.6 Å². The van der Waals surface area contributed by atoms with E-state index in [1.165, 1.54) is 11.8 Å². The molecular weight excluding hydrogens is 352 g/mol. The summed E-state index contributed by atoms with van der Waals surface area (Å²) in [5.74, 6) is -0.420. The van der Waals surface area contributed by atoms with E-state index < -0.39 is 17.5 Å². The van der Waals surface area contributed by atoms with E-state index in [1.54, 1.807) is 16.7 Å². The smallest absolute Gasteiger partial charge is 0.321 e. The van der Waals surface area contributed by atoms with Gasteiger partial charge in [0.05, 0.1) is 16.7 Å². The van der Waals surface area contributed by atoms with Gasteiger partial charge in [0.15, 0.2) is 5.16 Å². The first-order chi connectivity index (χ1) is 12.2. The summed E-state index contributed by atoms with van der Waals surface area (Å²) in [5, 5.41) is 6.07. The molecular formula is C18H22N4O3S. The monoisotopic (exact) mass is 374 g/mol. The van der Waals surface area contributed by atoms with Gasteiger partial charge in [-0.25, -0.2) is 9.78 Å². The maximum absolute atomic E-state index is 12.8. The van der Waals surface area contributed by atoms with Crippen molar-refractivity contribution in [1.82, 2.24) is 20.2 Å². The molecule has 3 rings (SSSR count). The summed E-state index contributed by atoms with van der Waals surface area (Å²) in [6.07, 6.45) is 1.88. The second kappa shape index (κ2) is 7.11. The Bertz CT molecular complexity index is 913. The average molecular weight is 374 g/mol. The van der Waals surface area contributed by atoms with Crippen LogP contribution in [0, 0.1) is 0 Å². The highest BCUT2D eigenvalue weighted by atomic mass is 32.2. The van der Waals surface area contributed by atoms with Crippen molar-refractivity contribution < 1.29 is 9.59 Å². The Labute approximate surface area is 155 Å². The number of thioether (sulfide) groups is 1. The predicted molar refractivity (Wildman–Crippen MR) is 101 cm³/mol. The number of imide groups is 1. The van der Waals surface area contributed by atoms with E-state index in [0.717, 1.165) is 12.8 Å². The van der Waals surface area contributed by atoms with Crippen molar-refractivity contribution in [1.29, 1.82) is 0 Å². The largest absolute Gasteiger partial charge is 0.333 e. The summed E-state index contributed by atoms with van der Waals surface area (Å²) in [4.78, 5) is 41.1. The van der Waals surface area contributed by atoms with Crippen molar-refractivity contribution in [2.45, 2.75) is 50.4 Å². The standard InChI is InChI=1S/C18H22N4O3S/c1-18(2,3)21-16(25)20-14(23)10-26-17-19-13-7-5-4-6-12(13)15(24)22(17)11-8-9-11/h4-7,11H,8-10H2,1-3H3,(H2,20,21,23,25). The Balaban J connectivity index is 1.74. The Morgan fingerprint density at radius 1 is 1.27 bits per heavy atom. The number of nitrogens with zero attached hydrogens (tertiary/aromatic N) is 2. The number of rotatable bonds is 4. The van der Waals surface area contributed by atoms with Crippen LogP contribution in [-0.4, -0.2) is 32.8 Å². The number of hydrogen-bond donors (Lipinski definition) is 2. The number of urea groups is 1. The lowest BCUT2D eigenvalue weighted by Crippen LogP contribution is -2.48. The average Bonchev–Trinajstić information content (AvgIpc) is 3.36. The Kier molecular flexibility index (Phi) is 5.04. The van der Waals surface area contributed by atoms with E-state index in [-0.39, 0.29) is 17.4 Å². The third kappa shape index (κ3) is 4.43. The number of carbonyl (C=O) groups is 2. The van der Waals surface area contributed by atoms with Crippen LogP contribution >= 0.6 is 11.8 Å². The lowest BCUT2D eigenvalue weighted by Gasteiger charge is -2.20. The fraction of sp³-hybridized carbons (Fsp3) is 0.444. The van der Waals surface area contributed by atoms with Crippen molar-refractivity contribution >= 4 is 34.6 Å². The lowest BCUT2D eigenvalue weighted by atomic mass is 10.1. The zero-order valence-corrected chi connectivity index (χ0v) is 15.9. The van der Waals surface area contributed by atoms with Crippen molar-refractivity contribution in [2.24, 2.45) is 0 Å². The minimum Gasteiger partial charge on any atom is -0.333 e. The Hall–Kier alpha value is -2.35. The first kappa shape index (κ1) is 18.4. The molecule has 1 heterocycles. The molecule has 1 fully saturated rings. The molecule has 7 nitrogen and oxygen atoms in total. The van der Waals surface area contributed by atoms with Crippen LogP contribution in [0.25, 0.3) is 10.9 Å². The molecule has 1 aliphatic carbocycles. The first-order valence-electron chi connectivity index (χ1n) is 8.51. The number of fused-ring (bicyclic) bond motifs is 1. The fourth-order valence-corrected chi connectivity index (χ4v) is 3.41. The topological polar surface area (TPSA) is 93.1 Å². The van der Waals surface area contributed by atoms with Gasteiger partial charge in [0.25, 0.3) is 5.56 Å². The van der Waals surface area contributed by atoms with Crippen LogP contribution in [0.1, 0.15) is 39.7 Å². The van der Waals surface area contributed by atoms with E-state index in [0.29, 0.717) is 16.1 Å². The molecule has 1 saturated carbocycles. The molecule has 8 heteroatoms. The fourth-order valence-electron chi connectivity index (χ4n) is 2.55. The van der Waals surface area contributed by atoms with Gasteiger partial charge in [-0.3, -0.25) is 19.5 Å². The molecule has 1 aromatic carbocycles. The second-order valence-corrected chi connectivity index (χ2v) is 8.30. The van der Waals surface area contributed by atoms with Crippen molar-refractivity contribution in [2.75, 3.05) is 5.75 Å². The number of amides is 3. The predicted octanol–water partition coefficient (Wildman–Crippen LogP) is 2.45. The molecule has 0 radical (unpaired) electrons. The van der Waals surface area contributed by atoms with Crippen LogP contribution < -0.4 is 16.2 Å². The molecule has 2 N–H and O–H groups in total. The van der Waals surface area contributed by atoms with Gasteiger partial charge < -0.3 is 5.32 Å². The SMILES string of the molecule is CC(C)(C)NC(=O)NC(=O)CSc1nc2ccccc2c(=O)n1C1CC1. The van der Waals surface area contributed by atoms with Gasteiger partial charge in [-0.2, -0.15) is 0 Å². The van der Waals surface area contributed by atoms with E-state index >= 15 is 0 Å². The molecule has 0 spiro atoms. The van der Waals surface area contributed by atoms with Gasteiger partial charge in [0, 0.05) is 11.6 Å². The Morgan fingerprint density at radius 2 is 1.96 bits per heavy atom. The third-order valence-corrected chi connectivity index (χ3v) is 4.71. The molecule has 1 aliphatic rings. The van der Waals surface area contributed by atoms with E-state index in [4.69, 9.17) is 0 Å². The van der Waals surface area contributed by atoms with Crippen LogP contribution in [0.15, 0.2) is 34.2 Å². The first-order valence-corrected chi connectivity index (χ1v) is 9.49. The number of aromatic nitrogens is 2. The second-order valence-electron chi connectivity index (χ2n) is 7.36. The van der Waals surface area contributed by atoms with Crippen LogP contribution in [0.2, 0.25) is 0 Å². The number of nitrogens with one attached hydrogen (secondary N) is 2. The quantitative estimate of drug-likeness (QED) is 0.633. The summed E-state index contributed by atoms with van der Waals surface area (Å²) >= 11 is 1.17. The van der Waals surface area contributed by atoms with Crippen LogP contribution in [0.3, 0.4) is 0 Å². The van der Waals surface area contributed by atoms with Crippen LogP contribution in [-0.2, 0) is 4.79 Å². The molecule has 26 heavy (non-hydrogen) atoms. The van der Waals surface area contributed by atoms with Crippen LogP contribution in [0.5, 0.6) is 0 Å². The molecule has 1 aromatic heterocycles. The zero-order chi connectivity index (χ0) is 18.9. The molecule has 0 unspecified atom stereocenters. The number of benzene rings is 1. The van der Waals surface area contributed by atoms with Gasteiger partial charge in [0.1, 0.15) is 0 Å². The zero-order valence-electron chi connectivity index (χ0n) is 15.0. The number of hydrogen-bond acceptors (Lipinski definition) is 5. The van der Waals surface area contributed by atoms with Crippen molar-refractivity contribution in [3.63, 3.8) is 0 Å². The molecule has 3 amide bonds. The number of para-hydroxylation sites is 1. The van der Waals surface area contributed by atoms with Gasteiger partial charge in [-0.15, -0.1) is 0 Å². The minimum absolute atomic E-state index is 0.00899. The van der Waals surface area contributed by atoms with Gasteiger partial charge in [0.2, 0.25) is 5.91 Å². The number of carbonyl (C=O) groups excluding carboxylic acids is 2. The van der Waals surface area contributed by atoms with Crippen molar-refractivity contribution in [3.8, 4) is 0 Å². The van der Waals surface area contributed by atoms with Gasteiger partial charge in [-0.05, 0) is 45.7 Å². The highest BCUT2D eigenvalue weighted by Gasteiger charge is 2.28. The summed E-state index contributed by atoms with van der Waals surface area (Å²) in [6, 6.07) is 6.81. The Morgan fingerprint density at radius 3 is 2.62 bits per heavy atom. The van der Waals surface area contributed by atoms with Gasteiger partial charge >= 0.3 is 6.03 Å². The molecule has 0 atom stereocenters. The molecule has 0 bridgehead atoms. The summed E-state index contributed by atoms with van der Waals surface area (Å²) in [7, 11) is 0. The maximum atomic E-state index is 12.8. The normalized spacial score (nSPS) is 14.3. The maximum Gasteiger partial charge on any atom is 0.321 e. The van der Waals surface area contributed by atoms with Gasteiger partial charge in [-0.1, -0.05) is 23.9 Å². The van der Waals surface area contributed by atoms with E-state index in [9.17, 15) is 14.4 Å². The lowest BCUT2D eigenvalue weighted by molar-refractivity contribution is -0.117. The highest BCUT2D eigenvalue weighted by Crippen LogP contribution is 2.36. The summed E-state index contributed by atoms with van der Waals surface area (Å²) < 4.78 is 1.68. The highest BCUT2D eigenvalue weighted by molar-refractivity contribution is 7.99. The molecule has 2 aromatic rings. The minimum atomic E-state index is -0.533. The van der Waals surface area contributed by atoms with E-state index in [2.05, 4.69) is 15.6 Å². The molecule has 138 valence electrons. The van der Waals surface area contributed by atoms with E-state index in [1.807, 2.05) is 32.9 Å². The van der Waals surface area contributed by atoms with Crippen LogP contribution in [0.4, 0.5) is 4.79 Å². The molecule has 0 aliphatic heterocycles. The molecule has 0 saturated heterocycles. The summed E-state index contributed by atoms with van der Waals surface area (Å²) in [5.41, 5.74) is 0.110.